The molecule has 31 heavy (non-hydrogen) atoms. The Kier molecular flexibility index (Phi) is 6.37. The fraction of sp³-hybridized carbons (Fsp3) is 0.280. The van der Waals surface area contributed by atoms with Crippen LogP contribution in [0.2, 0.25) is 0 Å². The lowest BCUT2D eigenvalue weighted by atomic mass is 9.91. The smallest absolute Gasteiger partial charge is 0.254 e. The number of nitrogens with one attached hydrogen (secondary N) is 1. The van der Waals surface area contributed by atoms with Gasteiger partial charge in [-0.05, 0) is 36.6 Å². The summed E-state index contributed by atoms with van der Waals surface area (Å²) in [5.74, 6) is 0.461. The lowest BCUT2D eigenvalue weighted by molar-refractivity contribution is -0.124. The van der Waals surface area contributed by atoms with Crippen molar-refractivity contribution < 1.29 is 14.3 Å². The van der Waals surface area contributed by atoms with Crippen LogP contribution in [-0.2, 0) is 11.2 Å². The van der Waals surface area contributed by atoms with Gasteiger partial charge < -0.3 is 15.0 Å². The molecule has 1 fully saturated rings. The van der Waals surface area contributed by atoms with Gasteiger partial charge in [-0.25, -0.2) is 0 Å². The normalized spacial score (nSPS) is 16.5. The van der Waals surface area contributed by atoms with Gasteiger partial charge in [0.25, 0.3) is 5.91 Å². The van der Waals surface area contributed by atoms with E-state index in [9.17, 15) is 9.59 Å². The molecule has 3 aromatic rings. The zero-order valence-electron chi connectivity index (χ0n) is 17.8. The molecule has 1 aliphatic rings. The van der Waals surface area contributed by atoms with Gasteiger partial charge >= 0.3 is 0 Å². The van der Waals surface area contributed by atoms with Crippen molar-refractivity contribution in [3.8, 4) is 16.9 Å². The lowest BCUT2D eigenvalue weighted by Gasteiger charge is -2.23. The fourth-order valence-corrected chi connectivity index (χ4v) is 4.75. The van der Waals surface area contributed by atoms with Crippen LogP contribution < -0.4 is 10.1 Å². The summed E-state index contributed by atoms with van der Waals surface area (Å²) in [6.07, 6.45) is 0.548. The molecule has 0 radical (unpaired) electrons. The second kappa shape index (κ2) is 9.35. The standard InChI is InChI=1S/C25H26N2O3S/c1-17-13-20(16-31-17)25(29)27-12-11-26-24(28)19(15-27)14-18-7-3-4-8-21(18)22-9-5-6-10-23(22)30-2/h3-10,13,16,19H,11-12,14-15H2,1-2H3,(H,26,28)/t19-/m1/s1. The van der Waals surface area contributed by atoms with E-state index in [1.54, 1.807) is 23.3 Å². The first-order valence-electron chi connectivity index (χ1n) is 10.4. The number of para-hydroxylation sites is 1. The average molecular weight is 435 g/mol. The van der Waals surface area contributed by atoms with Crippen molar-refractivity contribution in [1.29, 1.82) is 0 Å². The summed E-state index contributed by atoms with van der Waals surface area (Å²) < 4.78 is 5.55. The van der Waals surface area contributed by atoms with E-state index in [-0.39, 0.29) is 17.7 Å². The van der Waals surface area contributed by atoms with Crippen molar-refractivity contribution in [3.05, 3.63) is 76.0 Å². The minimum atomic E-state index is -0.318. The second-order valence-corrected chi connectivity index (χ2v) is 8.86. The van der Waals surface area contributed by atoms with Crippen molar-refractivity contribution in [2.45, 2.75) is 13.3 Å². The largest absolute Gasteiger partial charge is 0.496 e. The highest BCUT2D eigenvalue weighted by atomic mass is 32.1. The summed E-state index contributed by atoms with van der Waals surface area (Å²) in [4.78, 5) is 28.8. The Hall–Kier alpha value is -3.12. The van der Waals surface area contributed by atoms with Crippen molar-refractivity contribution in [2.75, 3.05) is 26.7 Å². The minimum Gasteiger partial charge on any atom is -0.496 e. The number of amides is 2. The zero-order chi connectivity index (χ0) is 21.8. The summed E-state index contributed by atoms with van der Waals surface area (Å²) in [6, 6.07) is 17.9. The highest BCUT2D eigenvalue weighted by Crippen LogP contribution is 2.33. The van der Waals surface area contributed by atoms with Crippen molar-refractivity contribution >= 4 is 23.2 Å². The Morgan fingerprint density at radius 2 is 1.90 bits per heavy atom. The number of hydrogen-bond acceptors (Lipinski definition) is 4. The summed E-state index contributed by atoms with van der Waals surface area (Å²) in [6.45, 7) is 3.38. The average Bonchev–Trinajstić information content (AvgIpc) is 3.15. The van der Waals surface area contributed by atoms with Crippen LogP contribution in [-0.4, -0.2) is 43.5 Å². The van der Waals surface area contributed by atoms with Gasteiger partial charge in [0.05, 0.1) is 18.6 Å². The third-order valence-electron chi connectivity index (χ3n) is 5.64. The van der Waals surface area contributed by atoms with Gasteiger partial charge in [-0.1, -0.05) is 42.5 Å². The number of nitrogens with zero attached hydrogens (tertiary/aromatic N) is 1. The number of methoxy groups -OCH3 is 1. The monoisotopic (exact) mass is 434 g/mol. The third kappa shape index (κ3) is 4.64. The molecule has 1 atom stereocenters. The van der Waals surface area contributed by atoms with Gasteiger partial charge in [-0.2, -0.15) is 0 Å². The molecule has 1 aromatic heterocycles. The van der Waals surface area contributed by atoms with Crippen LogP contribution in [0.4, 0.5) is 0 Å². The number of aryl methyl sites for hydroxylation is 1. The number of benzene rings is 2. The molecule has 2 aromatic carbocycles. The van der Waals surface area contributed by atoms with E-state index in [0.29, 0.717) is 31.6 Å². The van der Waals surface area contributed by atoms with Crippen LogP contribution in [0.5, 0.6) is 5.75 Å². The van der Waals surface area contributed by atoms with E-state index in [0.717, 1.165) is 27.3 Å². The summed E-state index contributed by atoms with van der Waals surface area (Å²) in [5.41, 5.74) is 3.80. The van der Waals surface area contributed by atoms with Gasteiger partial charge in [-0.3, -0.25) is 9.59 Å². The Balaban J connectivity index is 1.61. The molecular formula is C25H26N2O3S. The first kappa shape index (κ1) is 21.1. The molecule has 2 heterocycles. The van der Waals surface area contributed by atoms with E-state index in [4.69, 9.17) is 4.74 Å². The van der Waals surface area contributed by atoms with Crippen LogP contribution >= 0.6 is 11.3 Å². The zero-order valence-corrected chi connectivity index (χ0v) is 18.6. The number of ether oxygens (including phenoxy) is 1. The summed E-state index contributed by atoms with van der Waals surface area (Å²) in [7, 11) is 1.66. The SMILES string of the molecule is COc1ccccc1-c1ccccc1C[C@@H]1CN(C(=O)c2csc(C)c2)CCNC1=O. The molecule has 1 saturated heterocycles. The van der Waals surface area contributed by atoms with Crippen LogP contribution in [0.1, 0.15) is 20.8 Å². The maximum atomic E-state index is 13.0. The number of carbonyl (C=O) groups excluding carboxylic acids is 2. The lowest BCUT2D eigenvalue weighted by Crippen LogP contribution is -2.37. The number of hydrogen-bond donors (Lipinski definition) is 1. The molecule has 1 N–H and O–H groups in total. The van der Waals surface area contributed by atoms with E-state index in [1.165, 1.54) is 0 Å². The van der Waals surface area contributed by atoms with E-state index in [1.807, 2.05) is 60.8 Å². The number of thiophene rings is 1. The number of carbonyl (C=O) groups is 2. The molecule has 5 nitrogen and oxygen atoms in total. The summed E-state index contributed by atoms with van der Waals surface area (Å²) in [5, 5.41) is 4.88. The highest BCUT2D eigenvalue weighted by Gasteiger charge is 2.29. The Morgan fingerprint density at radius 3 is 2.65 bits per heavy atom. The molecule has 0 spiro atoms. The van der Waals surface area contributed by atoms with Gasteiger partial charge in [0.2, 0.25) is 5.91 Å². The third-order valence-corrected chi connectivity index (χ3v) is 6.50. The van der Waals surface area contributed by atoms with Gasteiger partial charge in [-0.15, -0.1) is 11.3 Å². The Morgan fingerprint density at radius 1 is 1.16 bits per heavy atom. The Labute approximate surface area is 186 Å². The molecule has 0 aliphatic carbocycles. The molecule has 0 unspecified atom stereocenters. The molecule has 0 bridgehead atoms. The van der Waals surface area contributed by atoms with Gasteiger partial charge in [0.15, 0.2) is 0 Å². The van der Waals surface area contributed by atoms with Crippen LogP contribution in [0.15, 0.2) is 60.0 Å². The predicted molar refractivity (Wildman–Crippen MR) is 124 cm³/mol. The molecule has 1 aliphatic heterocycles. The maximum absolute atomic E-state index is 13.0. The second-order valence-electron chi connectivity index (χ2n) is 7.75. The van der Waals surface area contributed by atoms with Crippen molar-refractivity contribution in [3.63, 3.8) is 0 Å². The maximum Gasteiger partial charge on any atom is 0.254 e. The molecule has 160 valence electrons. The minimum absolute atomic E-state index is 0.00775. The van der Waals surface area contributed by atoms with Gasteiger partial charge in [0.1, 0.15) is 5.75 Å². The highest BCUT2D eigenvalue weighted by molar-refractivity contribution is 7.10. The molecule has 4 rings (SSSR count). The molecule has 0 saturated carbocycles. The summed E-state index contributed by atoms with van der Waals surface area (Å²) >= 11 is 1.57. The van der Waals surface area contributed by atoms with Gasteiger partial charge in [0, 0.05) is 35.5 Å². The first-order valence-corrected chi connectivity index (χ1v) is 11.3. The van der Waals surface area contributed by atoms with E-state index in [2.05, 4.69) is 11.4 Å². The van der Waals surface area contributed by atoms with E-state index < -0.39 is 0 Å². The van der Waals surface area contributed by atoms with Crippen LogP contribution in [0, 0.1) is 12.8 Å². The molecular weight excluding hydrogens is 408 g/mol. The van der Waals surface area contributed by atoms with Crippen LogP contribution in [0.25, 0.3) is 11.1 Å². The van der Waals surface area contributed by atoms with Crippen molar-refractivity contribution in [1.82, 2.24) is 10.2 Å². The van der Waals surface area contributed by atoms with E-state index >= 15 is 0 Å². The molecule has 2 amide bonds. The first-order chi connectivity index (χ1) is 15.1. The topological polar surface area (TPSA) is 58.6 Å². The predicted octanol–water partition coefficient (Wildman–Crippen LogP) is 4.16. The fourth-order valence-electron chi connectivity index (χ4n) is 4.07. The van der Waals surface area contributed by atoms with Crippen LogP contribution in [0.3, 0.4) is 0 Å². The Bertz CT molecular complexity index is 1090. The number of rotatable bonds is 5. The molecule has 6 heteroatoms. The van der Waals surface area contributed by atoms with Crippen molar-refractivity contribution in [2.24, 2.45) is 5.92 Å². The quantitative estimate of drug-likeness (QED) is 0.656.